The monoisotopic (exact) mass is 304 g/mol. The smallest absolute Gasteiger partial charge is 0.0909 e. The molecule has 0 aliphatic heterocycles. The van der Waals surface area contributed by atoms with Crippen LogP contribution in [-0.2, 0) is 9.59 Å². The van der Waals surface area contributed by atoms with Gasteiger partial charge in [0.25, 0.3) is 0 Å². The van der Waals surface area contributed by atoms with Crippen molar-refractivity contribution < 1.29 is 19.8 Å². The molecule has 94 valence electrons. The Morgan fingerprint density at radius 1 is 1.00 bits per heavy atom. The molecule has 8 heteroatoms. The lowest BCUT2D eigenvalue weighted by Gasteiger charge is -2.24. The number of carbonyl (C=O) groups is 2. The summed E-state index contributed by atoms with van der Waals surface area (Å²) >= 11 is 11.3. The maximum absolute atomic E-state index is 10.5. The van der Waals surface area contributed by atoms with Crippen molar-refractivity contribution in [3.8, 4) is 0 Å². The first kappa shape index (κ1) is 16.2. The summed E-state index contributed by atoms with van der Waals surface area (Å²) in [6.45, 7) is 2.63. The van der Waals surface area contributed by atoms with Crippen LogP contribution in [0.1, 0.15) is 13.8 Å². The van der Waals surface area contributed by atoms with Gasteiger partial charge in [0, 0.05) is 11.5 Å². The zero-order valence-corrected chi connectivity index (χ0v) is 11.8. The molecule has 0 amide bonds. The fourth-order valence-electron chi connectivity index (χ4n) is 0.423. The van der Waals surface area contributed by atoms with Crippen molar-refractivity contribution in [3.05, 3.63) is 0 Å². The first-order valence-corrected chi connectivity index (χ1v) is 7.39. The SMILES string of the molecule is C[C@](Cl)(CSSC[C@](C)(Cl)C(=O)[O-])C(=O)[O-]. The number of hydrogen-bond donors (Lipinski definition) is 0. The Balaban J connectivity index is 3.94. The van der Waals surface area contributed by atoms with Crippen LogP contribution < -0.4 is 10.2 Å². The van der Waals surface area contributed by atoms with Crippen molar-refractivity contribution in [1.82, 2.24) is 0 Å². The van der Waals surface area contributed by atoms with Crippen molar-refractivity contribution in [2.75, 3.05) is 11.5 Å². The van der Waals surface area contributed by atoms with Crippen molar-refractivity contribution in [2.24, 2.45) is 0 Å². The van der Waals surface area contributed by atoms with Crippen LogP contribution in [0.3, 0.4) is 0 Å². The summed E-state index contributed by atoms with van der Waals surface area (Å²) in [7, 11) is 2.24. The molecule has 16 heavy (non-hydrogen) atoms. The van der Waals surface area contributed by atoms with Crippen LogP contribution in [-0.4, -0.2) is 33.2 Å². The molecule has 0 aliphatic carbocycles. The maximum Gasteiger partial charge on any atom is 0.0909 e. The molecule has 2 atom stereocenters. The molecule has 0 rings (SSSR count). The van der Waals surface area contributed by atoms with Gasteiger partial charge in [0.15, 0.2) is 0 Å². The van der Waals surface area contributed by atoms with Gasteiger partial charge in [0.05, 0.1) is 21.7 Å². The Labute approximate surface area is 111 Å². The first-order valence-electron chi connectivity index (χ1n) is 4.15. The lowest BCUT2D eigenvalue weighted by molar-refractivity contribution is -0.309. The standard InChI is InChI=1S/C8H12Cl2O4S2/c1-7(9,5(11)12)3-15-16-4-8(2,10)6(13)14/h3-4H2,1-2H3,(H,11,12)(H,13,14)/p-2/t7-,8-/m0/s1. The van der Waals surface area contributed by atoms with Gasteiger partial charge < -0.3 is 19.8 Å². The van der Waals surface area contributed by atoms with E-state index in [-0.39, 0.29) is 11.5 Å². The first-order chi connectivity index (χ1) is 7.09. The highest BCUT2D eigenvalue weighted by Gasteiger charge is 2.25. The highest BCUT2D eigenvalue weighted by Crippen LogP contribution is 2.33. The van der Waals surface area contributed by atoms with E-state index in [1.54, 1.807) is 0 Å². The second kappa shape index (κ2) is 6.23. The molecule has 0 saturated carbocycles. The van der Waals surface area contributed by atoms with Gasteiger partial charge in [0.2, 0.25) is 0 Å². The Morgan fingerprint density at radius 2 is 1.25 bits per heavy atom. The summed E-state index contributed by atoms with van der Waals surface area (Å²) in [5.74, 6) is -2.56. The highest BCUT2D eigenvalue weighted by molar-refractivity contribution is 8.76. The number of carbonyl (C=O) groups excluding carboxylic acids is 2. The van der Waals surface area contributed by atoms with Gasteiger partial charge in [-0.05, 0) is 13.8 Å². The van der Waals surface area contributed by atoms with E-state index in [0.717, 1.165) is 21.6 Å². The number of halogens is 2. The average molecular weight is 305 g/mol. The molecule has 0 bridgehead atoms. The third kappa shape index (κ3) is 5.52. The number of carboxylic acids is 2. The minimum absolute atomic E-state index is 0.0849. The third-order valence-electron chi connectivity index (χ3n) is 1.59. The number of rotatable bonds is 7. The van der Waals surface area contributed by atoms with Gasteiger partial charge in [-0.15, -0.1) is 23.2 Å². The third-order valence-corrected chi connectivity index (χ3v) is 5.25. The van der Waals surface area contributed by atoms with Crippen LogP contribution in [0.15, 0.2) is 0 Å². The normalized spacial score (nSPS) is 18.5. The fraction of sp³-hybridized carbons (Fsp3) is 0.750. The number of hydrogen-bond acceptors (Lipinski definition) is 6. The van der Waals surface area contributed by atoms with E-state index in [1.165, 1.54) is 13.8 Å². The molecule has 0 radical (unpaired) electrons. The van der Waals surface area contributed by atoms with Crippen molar-refractivity contribution in [2.45, 2.75) is 23.6 Å². The van der Waals surface area contributed by atoms with Crippen molar-refractivity contribution in [1.29, 1.82) is 0 Å². The topological polar surface area (TPSA) is 80.3 Å². The van der Waals surface area contributed by atoms with Gasteiger partial charge in [0.1, 0.15) is 0 Å². The molecule has 0 unspecified atom stereocenters. The van der Waals surface area contributed by atoms with E-state index < -0.39 is 21.7 Å². The molecule has 0 aromatic heterocycles. The van der Waals surface area contributed by atoms with Gasteiger partial charge >= 0.3 is 0 Å². The van der Waals surface area contributed by atoms with E-state index >= 15 is 0 Å². The quantitative estimate of drug-likeness (QED) is 0.370. The van der Waals surface area contributed by atoms with E-state index in [9.17, 15) is 19.8 Å². The minimum Gasteiger partial charge on any atom is -0.548 e. The summed E-state index contributed by atoms with van der Waals surface area (Å²) in [6.07, 6.45) is 0. The lowest BCUT2D eigenvalue weighted by Crippen LogP contribution is -2.44. The molecule has 0 aromatic rings. The molecule has 0 spiro atoms. The van der Waals surface area contributed by atoms with Gasteiger partial charge in [-0.1, -0.05) is 21.6 Å². The number of carboxylic acid groups (broad SMARTS) is 2. The molecule has 0 heterocycles. The molecule has 0 N–H and O–H groups in total. The average Bonchev–Trinajstić information content (AvgIpc) is 2.12. The molecule has 0 aliphatic rings. The molecular formula is C8H10Cl2O4S2-2. The summed E-state index contributed by atoms with van der Waals surface area (Å²) in [4.78, 5) is 18.1. The highest BCUT2D eigenvalue weighted by atomic mass is 35.5. The summed E-state index contributed by atoms with van der Waals surface area (Å²) in [5, 5.41) is 21.0. The molecule has 0 fully saturated rings. The Kier molecular flexibility index (Phi) is 6.32. The van der Waals surface area contributed by atoms with Crippen molar-refractivity contribution in [3.63, 3.8) is 0 Å². The molecule has 0 aromatic carbocycles. The van der Waals surface area contributed by atoms with E-state index in [0.29, 0.717) is 0 Å². The zero-order valence-electron chi connectivity index (χ0n) is 8.62. The van der Waals surface area contributed by atoms with Crippen LogP contribution >= 0.6 is 44.8 Å². The fourth-order valence-corrected chi connectivity index (χ4v) is 3.90. The van der Waals surface area contributed by atoms with Gasteiger partial charge in [-0.25, -0.2) is 0 Å². The lowest BCUT2D eigenvalue weighted by atomic mass is 10.2. The summed E-state index contributed by atoms with van der Waals surface area (Å²) < 4.78 is 0. The van der Waals surface area contributed by atoms with Crippen LogP contribution in [0.25, 0.3) is 0 Å². The summed E-state index contributed by atoms with van der Waals surface area (Å²) in [6, 6.07) is 0. The van der Waals surface area contributed by atoms with Crippen molar-refractivity contribution >= 4 is 56.7 Å². The predicted molar refractivity (Wildman–Crippen MR) is 63.4 cm³/mol. The Bertz CT molecular complexity index is 253. The van der Waals surface area contributed by atoms with Gasteiger partial charge in [-0.3, -0.25) is 0 Å². The second-order valence-electron chi connectivity index (χ2n) is 3.49. The number of alkyl halides is 2. The minimum atomic E-state index is -1.47. The van der Waals surface area contributed by atoms with Gasteiger partial charge in [-0.2, -0.15) is 0 Å². The van der Waals surface area contributed by atoms with Crippen LogP contribution in [0, 0.1) is 0 Å². The molecule has 0 saturated heterocycles. The maximum atomic E-state index is 10.5. The van der Waals surface area contributed by atoms with E-state index in [4.69, 9.17) is 23.2 Å². The zero-order chi connectivity index (χ0) is 13.0. The second-order valence-corrected chi connectivity index (χ2v) is 7.63. The number of aliphatic carboxylic acids is 2. The van der Waals surface area contributed by atoms with E-state index in [2.05, 4.69) is 0 Å². The van der Waals surface area contributed by atoms with Crippen LogP contribution in [0.5, 0.6) is 0 Å². The predicted octanol–water partition coefficient (Wildman–Crippen LogP) is -0.137. The van der Waals surface area contributed by atoms with Crippen LogP contribution in [0.2, 0.25) is 0 Å². The molecular weight excluding hydrogens is 295 g/mol. The summed E-state index contributed by atoms with van der Waals surface area (Å²) in [5.41, 5.74) is 0. The Hall–Kier alpha value is 0.220. The van der Waals surface area contributed by atoms with Crippen LogP contribution in [0.4, 0.5) is 0 Å². The Morgan fingerprint density at radius 3 is 1.44 bits per heavy atom. The molecule has 4 nitrogen and oxygen atoms in total. The van der Waals surface area contributed by atoms with E-state index in [1.807, 2.05) is 0 Å². The largest absolute Gasteiger partial charge is 0.548 e.